The van der Waals surface area contributed by atoms with Crippen molar-refractivity contribution < 1.29 is 28.1 Å². The third-order valence-corrected chi connectivity index (χ3v) is 8.55. The fraction of sp³-hybridized carbons (Fsp3) is 0.519. The van der Waals surface area contributed by atoms with Gasteiger partial charge >= 0.3 is 6.36 Å². The number of imidazole rings is 1. The van der Waals surface area contributed by atoms with E-state index in [1.807, 2.05) is 16.8 Å². The molecule has 5 N–H and O–H groups in total. The average Bonchev–Trinajstić information content (AvgIpc) is 3.54. The zero-order valence-corrected chi connectivity index (χ0v) is 21.9. The van der Waals surface area contributed by atoms with Crippen molar-refractivity contribution in [3.05, 3.63) is 42.6 Å². The molecule has 13 heteroatoms. The molecular formula is C27H32F3N7O3. The maximum Gasteiger partial charge on any atom is 0.573 e. The Labute approximate surface area is 228 Å². The second-order valence-corrected chi connectivity index (χ2v) is 11.1. The number of aliphatic hydroxyl groups is 2. The minimum atomic E-state index is -4.74. The predicted octanol–water partition coefficient (Wildman–Crippen LogP) is 3.41. The number of halogens is 3. The number of nitrogens with zero attached hydrogens (tertiary/aromatic N) is 5. The first-order valence-corrected chi connectivity index (χ1v) is 13.4. The highest BCUT2D eigenvalue weighted by molar-refractivity contribution is 5.86. The van der Waals surface area contributed by atoms with E-state index in [1.165, 1.54) is 18.5 Å². The van der Waals surface area contributed by atoms with Crippen LogP contribution in [0, 0.1) is 11.8 Å². The first-order chi connectivity index (χ1) is 19.1. The van der Waals surface area contributed by atoms with E-state index in [9.17, 15) is 23.4 Å². The lowest BCUT2D eigenvalue weighted by molar-refractivity contribution is -0.274. The van der Waals surface area contributed by atoms with Gasteiger partial charge in [0.25, 0.3) is 0 Å². The number of nitrogens with one attached hydrogen (secondary N) is 1. The maximum absolute atomic E-state index is 12.5. The van der Waals surface area contributed by atoms with Gasteiger partial charge in [-0.25, -0.2) is 15.0 Å². The van der Waals surface area contributed by atoms with Gasteiger partial charge in [0.2, 0.25) is 0 Å². The Morgan fingerprint density at radius 3 is 2.73 bits per heavy atom. The average molecular weight is 560 g/mol. The van der Waals surface area contributed by atoms with Crippen molar-refractivity contribution in [3.63, 3.8) is 0 Å². The van der Waals surface area contributed by atoms with Gasteiger partial charge in [-0.3, -0.25) is 0 Å². The Balaban J connectivity index is 0.999. The Kier molecular flexibility index (Phi) is 6.83. The fourth-order valence-electron chi connectivity index (χ4n) is 6.32. The van der Waals surface area contributed by atoms with Crippen LogP contribution in [0.1, 0.15) is 37.5 Å². The molecule has 2 aliphatic rings. The molecule has 10 nitrogen and oxygen atoms in total. The largest absolute Gasteiger partial charge is 0.573 e. The number of aromatic nitrogens is 5. The van der Waals surface area contributed by atoms with Gasteiger partial charge in [-0.05, 0) is 56.8 Å². The molecule has 0 spiro atoms. The predicted molar refractivity (Wildman–Crippen MR) is 141 cm³/mol. The van der Waals surface area contributed by atoms with Crippen molar-refractivity contribution in [2.75, 3.05) is 19.3 Å². The van der Waals surface area contributed by atoms with Crippen molar-refractivity contribution in [1.82, 2.24) is 29.4 Å². The van der Waals surface area contributed by atoms with Crippen LogP contribution in [-0.4, -0.2) is 77.8 Å². The lowest BCUT2D eigenvalue weighted by Gasteiger charge is -2.42. The number of rotatable bonds is 8. The van der Waals surface area contributed by atoms with Crippen LogP contribution < -0.4 is 10.5 Å². The number of aliphatic hydroxyl groups excluding tert-OH is 2. The van der Waals surface area contributed by atoms with Crippen molar-refractivity contribution in [2.45, 2.75) is 62.8 Å². The number of nitrogens with two attached hydrogens (primary N) is 1. The number of anilines is 1. The molecular weight excluding hydrogens is 527 g/mol. The molecule has 0 aliphatic heterocycles. The summed E-state index contributed by atoms with van der Waals surface area (Å²) < 4.78 is 43.4. The highest BCUT2D eigenvalue weighted by Crippen LogP contribution is 2.40. The third kappa shape index (κ3) is 5.20. The Morgan fingerprint density at radius 1 is 1.15 bits per heavy atom. The number of H-pyrrole nitrogens is 1. The van der Waals surface area contributed by atoms with E-state index in [0.29, 0.717) is 53.8 Å². The van der Waals surface area contributed by atoms with E-state index >= 15 is 0 Å². The summed E-state index contributed by atoms with van der Waals surface area (Å²) in [5.74, 6) is 1.29. The monoisotopic (exact) mass is 559 g/mol. The molecule has 40 heavy (non-hydrogen) atoms. The molecule has 0 unspecified atom stereocenters. The van der Waals surface area contributed by atoms with Gasteiger partial charge in [-0.2, -0.15) is 0 Å². The molecule has 1 aromatic carbocycles. The molecule has 2 fully saturated rings. The summed E-state index contributed by atoms with van der Waals surface area (Å²) in [6, 6.07) is 6.04. The van der Waals surface area contributed by atoms with E-state index in [0.717, 1.165) is 30.5 Å². The molecule has 0 saturated heterocycles. The molecule has 4 aromatic rings. The second-order valence-electron chi connectivity index (χ2n) is 11.1. The number of benzene rings is 1. The summed E-state index contributed by atoms with van der Waals surface area (Å²) in [5, 5.41) is 22.4. The topological polar surface area (TPSA) is 138 Å². The van der Waals surface area contributed by atoms with Crippen LogP contribution in [0.15, 0.2) is 36.8 Å². The van der Waals surface area contributed by atoms with Crippen LogP contribution in [0.3, 0.4) is 0 Å². The lowest BCUT2D eigenvalue weighted by Crippen LogP contribution is -2.46. The zero-order chi connectivity index (χ0) is 28.2. The van der Waals surface area contributed by atoms with Crippen molar-refractivity contribution >= 4 is 27.9 Å². The van der Waals surface area contributed by atoms with Gasteiger partial charge in [0.15, 0.2) is 0 Å². The van der Waals surface area contributed by atoms with E-state index in [2.05, 4.69) is 36.6 Å². The van der Waals surface area contributed by atoms with Crippen LogP contribution in [0.5, 0.6) is 5.75 Å². The standard InChI is InChI=1S/C27H32F3N7O3/c1-36(12-15-10-21(24(39)23(15)38)37-7-6-18-25(31)32-13-33-26(18)37)16-8-14(9-16)2-5-22-34-19-4-3-17(11-20(19)35-22)40-27(28,29)30/h3-4,6-7,11,13-16,21,23-24,38-39H,2,5,8-10,12H2,1H3,(H,34,35)(H2,31,32,33)/t14-,15-,16-,21-,23-,24+/m1/s1. The summed E-state index contributed by atoms with van der Waals surface area (Å²) >= 11 is 0. The molecule has 0 bridgehead atoms. The summed E-state index contributed by atoms with van der Waals surface area (Å²) in [5.41, 5.74) is 7.73. The van der Waals surface area contributed by atoms with Crippen LogP contribution in [-0.2, 0) is 6.42 Å². The number of fused-ring (bicyclic) bond motifs is 2. The van der Waals surface area contributed by atoms with Gasteiger partial charge in [-0.15, -0.1) is 13.2 Å². The van der Waals surface area contributed by atoms with Crippen LogP contribution in [0.2, 0.25) is 0 Å². The van der Waals surface area contributed by atoms with Gasteiger partial charge in [0, 0.05) is 37.2 Å². The Hall–Kier alpha value is -3.42. The highest BCUT2D eigenvalue weighted by Gasteiger charge is 2.44. The smallest absolute Gasteiger partial charge is 0.406 e. The van der Waals surface area contributed by atoms with E-state index in [1.54, 1.807) is 6.07 Å². The minimum absolute atomic E-state index is 0.0811. The van der Waals surface area contributed by atoms with E-state index < -0.39 is 18.6 Å². The molecule has 2 aliphatic carbocycles. The Bertz CT molecular complexity index is 1500. The normalized spacial score (nSPS) is 27.1. The lowest BCUT2D eigenvalue weighted by atomic mass is 9.76. The molecule has 6 rings (SSSR count). The number of nitrogen functional groups attached to an aromatic ring is 1. The van der Waals surface area contributed by atoms with Crippen molar-refractivity contribution in [2.24, 2.45) is 11.8 Å². The van der Waals surface area contributed by atoms with E-state index in [4.69, 9.17) is 5.73 Å². The van der Waals surface area contributed by atoms with Crippen molar-refractivity contribution in [3.8, 4) is 5.75 Å². The zero-order valence-electron chi connectivity index (χ0n) is 21.9. The summed E-state index contributed by atoms with van der Waals surface area (Å²) in [4.78, 5) is 18.3. The Morgan fingerprint density at radius 2 is 1.95 bits per heavy atom. The van der Waals surface area contributed by atoms with E-state index in [-0.39, 0.29) is 17.7 Å². The first-order valence-electron chi connectivity index (χ1n) is 13.4. The van der Waals surface area contributed by atoms with Gasteiger partial charge in [-0.1, -0.05) is 0 Å². The molecule has 0 radical (unpaired) electrons. The first kappa shape index (κ1) is 26.8. The highest BCUT2D eigenvalue weighted by atomic mass is 19.4. The quantitative estimate of drug-likeness (QED) is 0.258. The van der Waals surface area contributed by atoms with Crippen molar-refractivity contribution in [1.29, 1.82) is 0 Å². The minimum Gasteiger partial charge on any atom is -0.406 e. The number of aryl methyl sites for hydroxylation is 1. The molecule has 4 atom stereocenters. The summed E-state index contributed by atoms with van der Waals surface area (Å²) in [6.45, 7) is 0.675. The fourth-order valence-corrected chi connectivity index (χ4v) is 6.32. The SMILES string of the molecule is CN(C[C@H]1C[C@@H](n2ccc3c(N)ncnc32)[C@H](O)[C@@H]1O)[C@H]1C[C@H](CCc2nc3cc(OC(F)(F)F)ccc3[nH]2)C1. The second kappa shape index (κ2) is 10.2. The molecule has 3 aromatic heterocycles. The van der Waals surface area contributed by atoms with Crippen LogP contribution in [0.25, 0.3) is 22.1 Å². The van der Waals surface area contributed by atoms with Crippen LogP contribution in [0.4, 0.5) is 19.0 Å². The summed E-state index contributed by atoms with van der Waals surface area (Å²) in [6.07, 6.45) is 1.07. The molecule has 2 saturated carbocycles. The van der Waals surface area contributed by atoms with Gasteiger partial charge in [0.05, 0.1) is 28.6 Å². The third-order valence-electron chi connectivity index (χ3n) is 8.55. The maximum atomic E-state index is 12.5. The molecule has 0 amide bonds. The number of ether oxygens (including phenoxy) is 1. The molecule has 214 valence electrons. The number of alkyl halides is 3. The number of hydrogen-bond acceptors (Lipinski definition) is 8. The van der Waals surface area contributed by atoms with Gasteiger partial charge < -0.3 is 35.1 Å². The number of aromatic amines is 1. The summed E-state index contributed by atoms with van der Waals surface area (Å²) in [7, 11) is 2.06. The van der Waals surface area contributed by atoms with Crippen LogP contribution >= 0.6 is 0 Å². The van der Waals surface area contributed by atoms with Gasteiger partial charge in [0.1, 0.15) is 35.5 Å². The molecule has 3 heterocycles. The number of hydrogen-bond donors (Lipinski definition) is 4.